The van der Waals surface area contributed by atoms with Gasteiger partial charge in [-0.1, -0.05) is 18.2 Å². The van der Waals surface area contributed by atoms with Crippen molar-refractivity contribution in [2.45, 2.75) is 11.8 Å². The van der Waals surface area contributed by atoms with Crippen LogP contribution < -0.4 is 9.62 Å². The summed E-state index contributed by atoms with van der Waals surface area (Å²) in [7, 11) is -2.52. The van der Waals surface area contributed by atoms with E-state index in [-0.39, 0.29) is 16.3 Å². The van der Waals surface area contributed by atoms with E-state index >= 15 is 0 Å². The molecule has 0 radical (unpaired) electrons. The van der Waals surface area contributed by atoms with Crippen molar-refractivity contribution in [2.75, 3.05) is 11.9 Å². The fraction of sp³-hybridized carbons (Fsp3) is 0.0952. The number of thiazole rings is 1. The minimum atomic E-state index is -4.31. The highest BCUT2D eigenvalue weighted by Crippen LogP contribution is 2.27. The summed E-state index contributed by atoms with van der Waals surface area (Å²) in [6, 6.07) is 12.7. The Labute approximate surface area is 188 Å². The van der Waals surface area contributed by atoms with E-state index in [0.717, 1.165) is 17.3 Å². The number of carbonyl (C=O) groups is 1. The van der Waals surface area contributed by atoms with E-state index in [1.54, 1.807) is 31.3 Å². The minimum absolute atomic E-state index is 0.0551. The monoisotopic (exact) mass is 471 g/mol. The molecule has 4 aromatic rings. The van der Waals surface area contributed by atoms with E-state index in [4.69, 9.17) is 0 Å². The van der Waals surface area contributed by atoms with Crippen LogP contribution in [0.1, 0.15) is 16.1 Å². The van der Waals surface area contributed by atoms with Gasteiger partial charge in [0.25, 0.3) is 15.9 Å². The Morgan fingerprint density at radius 1 is 1.19 bits per heavy atom. The normalized spacial score (nSPS) is 11.3. The largest absolute Gasteiger partial charge is 0.321 e. The Balaban J connectivity index is 1.52. The lowest BCUT2D eigenvalue weighted by Gasteiger charge is -2.15. The molecule has 4 rings (SSSR count). The Kier molecular flexibility index (Phi) is 5.76. The number of rotatable bonds is 6. The second-order valence-electron chi connectivity index (χ2n) is 6.92. The summed E-state index contributed by atoms with van der Waals surface area (Å²) in [4.78, 5) is 18.1. The minimum Gasteiger partial charge on any atom is -0.321 e. The SMILES string of the molecule is Cc1cnn(-c2ccc(S(=O)(=O)NC(=O)c3csc(N(C)c4ccccc4)n3)cc2F)c1. The van der Waals surface area contributed by atoms with Gasteiger partial charge in [-0.05, 0) is 42.8 Å². The van der Waals surface area contributed by atoms with Crippen LogP contribution in [0.3, 0.4) is 0 Å². The molecule has 0 aliphatic heterocycles. The average Bonchev–Trinajstić information content (AvgIpc) is 3.43. The van der Waals surface area contributed by atoms with Crippen LogP contribution >= 0.6 is 11.3 Å². The summed E-state index contributed by atoms with van der Waals surface area (Å²) in [6.07, 6.45) is 3.17. The van der Waals surface area contributed by atoms with Crippen molar-refractivity contribution in [1.29, 1.82) is 0 Å². The molecule has 0 saturated heterocycles. The second-order valence-corrected chi connectivity index (χ2v) is 9.44. The number of carbonyl (C=O) groups excluding carboxylic acids is 1. The number of para-hydroxylation sites is 1. The number of hydrogen-bond acceptors (Lipinski definition) is 7. The van der Waals surface area contributed by atoms with E-state index in [9.17, 15) is 17.6 Å². The molecule has 0 atom stereocenters. The first-order valence-corrected chi connectivity index (χ1v) is 11.7. The van der Waals surface area contributed by atoms with Crippen molar-refractivity contribution in [2.24, 2.45) is 0 Å². The summed E-state index contributed by atoms with van der Waals surface area (Å²) in [5, 5.41) is 5.99. The van der Waals surface area contributed by atoms with E-state index in [1.165, 1.54) is 33.5 Å². The molecule has 32 heavy (non-hydrogen) atoms. The van der Waals surface area contributed by atoms with Crippen molar-refractivity contribution in [1.82, 2.24) is 19.5 Å². The summed E-state index contributed by atoms with van der Waals surface area (Å²) in [5.74, 6) is -1.69. The van der Waals surface area contributed by atoms with Crippen molar-refractivity contribution in [3.05, 3.63) is 83.4 Å². The van der Waals surface area contributed by atoms with Crippen LogP contribution in [0.25, 0.3) is 5.69 Å². The molecule has 0 bridgehead atoms. The highest BCUT2D eigenvalue weighted by atomic mass is 32.2. The maximum absolute atomic E-state index is 14.5. The lowest BCUT2D eigenvalue weighted by atomic mass is 10.3. The quantitative estimate of drug-likeness (QED) is 0.461. The number of sulfonamides is 1. The number of amides is 1. The van der Waals surface area contributed by atoms with Crippen LogP contribution in [0.4, 0.5) is 15.2 Å². The number of aryl methyl sites for hydroxylation is 1. The van der Waals surface area contributed by atoms with Crippen LogP contribution in [0.2, 0.25) is 0 Å². The van der Waals surface area contributed by atoms with Crippen molar-refractivity contribution in [3.8, 4) is 5.69 Å². The number of nitrogens with one attached hydrogen (secondary N) is 1. The number of aromatic nitrogens is 3. The fourth-order valence-electron chi connectivity index (χ4n) is 2.90. The number of benzene rings is 2. The molecule has 0 aliphatic rings. The molecule has 2 aromatic carbocycles. The average molecular weight is 472 g/mol. The van der Waals surface area contributed by atoms with Gasteiger partial charge < -0.3 is 4.90 Å². The molecular formula is C21H18FN5O3S2. The van der Waals surface area contributed by atoms with E-state index in [2.05, 4.69) is 10.1 Å². The van der Waals surface area contributed by atoms with Gasteiger partial charge >= 0.3 is 0 Å². The molecular weight excluding hydrogens is 453 g/mol. The smallest absolute Gasteiger partial charge is 0.284 e. The summed E-state index contributed by atoms with van der Waals surface area (Å²) in [6.45, 7) is 1.80. The van der Waals surface area contributed by atoms with Crippen LogP contribution in [0.15, 0.2) is 71.2 Å². The summed E-state index contributed by atoms with van der Waals surface area (Å²) < 4.78 is 43.0. The van der Waals surface area contributed by atoms with E-state index in [1.807, 2.05) is 35.1 Å². The Morgan fingerprint density at radius 2 is 1.94 bits per heavy atom. The third kappa shape index (κ3) is 4.39. The predicted molar refractivity (Wildman–Crippen MR) is 120 cm³/mol. The zero-order valence-corrected chi connectivity index (χ0v) is 18.7. The van der Waals surface area contributed by atoms with Crippen molar-refractivity contribution in [3.63, 3.8) is 0 Å². The topological polar surface area (TPSA) is 97.2 Å². The lowest BCUT2D eigenvalue weighted by Crippen LogP contribution is -2.31. The van der Waals surface area contributed by atoms with Gasteiger partial charge in [-0.3, -0.25) is 4.79 Å². The van der Waals surface area contributed by atoms with Gasteiger partial charge in [-0.15, -0.1) is 11.3 Å². The fourth-order valence-corrected chi connectivity index (χ4v) is 4.67. The zero-order chi connectivity index (χ0) is 22.9. The Morgan fingerprint density at radius 3 is 2.59 bits per heavy atom. The van der Waals surface area contributed by atoms with Gasteiger partial charge in [-0.25, -0.2) is 27.2 Å². The molecule has 8 nitrogen and oxygen atoms in total. The number of nitrogens with zero attached hydrogens (tertiary/aromatic N) is 4. The maximum atomic E-state index is 14.5. The molecule has 11 heteroatoms. The van der Waals surface area contributed by atoms with Gasteiger partial charge in [0.15, 0.2) is 5.13 Å². The van der Waals surface area contributed by atoms with Crippen LogP contribution in [0.5, 0.6) is 0 Å². The molecule has 1 N–H and O–H groups in total. The third-order valence-electron chi connectivity index (χ3n) is 4.57. The standard InChI is InChI=1S/C21H18FN5O3S2/c1-14-11-23-27(12-14)19-9-8-16(10-17(19)22)32(29,30)25-20(28)18-13-31-21(24-18)26(2)15-6-4-3-5-7-15/h3-13H,1-2H3,(H,25,28). The van der Waals surface area contributed by atoms with Crippen molar-refractivity contribution < 1.29 is 17.6 Å². The maximum Gasteiger partial charge on any atom is 0.284 e. The second kappa shape index (κ2) is 8.52. The first-order valence-electron chi connectivity index (χ1n) is 9.37. The molecule has 1 amide bonds. The molecule has 0 aliphatic carbocycles. The van der Waals surface area contributed by atoms with E-state index < -0.39 is 21.7 Å². The highest BCUT2D eigenvalue weighted by molar-refractivity contribution is 7.90. The Bertz CT molecular complexity index is 1380. The molecule has 0 spiro atoms. The molecule has 164 valence electrons. The highest BCUT2D eigenvalue weighted by Gasteiger charge is 2.23. The van der Waals surface area contributed by atoms with Gasteiger partial charge in [-0.2, -0.15) is 5.10 Å². The first-order chi connectivity index (χ1) is 15.2. The van der Waals surface area contributed by atoms with Crippen LogP contribution in [-0.4, -0.2) is 36.1 Å². The Hall–Kier alpha value is -3.57. The lowest BCUT2D eigenvalue weighted by molar-refractivity contribution is 0.0977. The summed E-state index contributed by atoms with van der Waals surface area (Å²) >= 11 is 1.20. The number of anilines is 2. The molecule has 0 unspecified atom stereocenters. The van der Waals surface area contributed by atoms with Gasteiger partial charge in [0.05, 0.1) is 11.1 Å². The van der Waals surface area contributed by atoms with Crippen LogP contribution in [-0.2, 0) is 10.0 Å². The van der Waals surface area contributed by atoms with E-state index in [0.29, 0.717) is 5.13 Å². The first kappa shape index (κ1) is 21.7. The predicted octanol–water partition coefficient (Wildman–Crippen LogP) is 3.66. The van der Waals surface area contributed by atoms with Gasteiger partial charge in [0.2, 0.25) is 0 Å². The number of hydrogen-bond donors (Lipinski definition) is 1. The molecule has 0 saturated carbocycles. The van der Waals surface area contributed by atoms with Crippen molar-refractivity contribution >= 4 is 38.1 Å². The zero-order valence-electron chi connectivity index (χ0n) is 17.1. The molecule has 2 heterocycles. The number of halogens is 1. The van der Waals surface area contributed by atoms with Crippen LogP contribution in [0, 0.1) is 12.7 Å². The molecule has 2 aromatic heterocycles. The summed E-state index contributed by atoms with van der Waals surface area (Å²) in [5.41, 5.74) is 1.73. The van der Waals surface area contributed by atoms with Gasteiger partial charge in [0, 0.05) is 24.3 Å². The third-order valence-corrected chi connectivity index (χ3v) is 6.82. The van der Waals surface area contributed by atoms with Gasteiger partial charge in [0.1, 0.15) is 17.2 Å². The molecule has 0 fully saturated rings.